The quantitative estimate of drug-likeness (QED) is 0.902. The Morgan fingerprint density at radius 3 is 2.67 bits per heavy atom. The van der Waals surface area contributed by atoms with E-state index in [0.29, 0.717) is 0 Å². The van der Waals surface area contributed by atoms with E-state index < -0.39 is 0 Å². The number of benzene rings is 1. The van der Waals surface area contributed by atoms with Gasteiger partial charge in [0.1, 0.15) is 5.82 Å². The lowest BCUT2D eigenvalue weighted by atomic mass is 10.1. The molecule has 0 aliphatic rings. The fraction of sp³-hybridized carbons (Fsp3) is 0.357. The van der Waals surface area contributed by atoms with Gasteiger partial charge in [-0.2, -0.15) is 0 Å². The highest BCUT2D eigenvalue weighted by atomic mass is 32.1. The molecule has 18 heavy (non-hydrogen) atoms. The fourth-order valence-corrected chi connectivity index (χ4v) is 2.62. The first kappa shape index (κ1) is 13.2. The third kappa shape index (κ3) is 3.15. The van der Waals surface area contributed by atoms with E-state index in [1.165, 1.54) is 6.07 Å². The summed E-state index contributed by atoms with van der Waals surface area (Å²) in [6, 6.07) is 6.95. The minimum atomic E-state index is -0.196. The Morgan fingerprint density at radius 1 is 1.28 bits per heavy atom. The monoisotopic (exact) mass is 264 g/mol. The summed E-state index contributed by atoms with van der Waals surface area (Å²) >= 11 is 1.65. The highest BCUT2D eigenvalue weighted by molar-refractivity contribution is 7.09. The summed E-state index contributed by atoms with van der Waals surface area (Å²) < 4.78 is 13.2. The molecular formula is C14H17FN2S. The van der Waals surface area contributed by atoms with E-state index in [2.05, 4.69) is 22.6 Å². The van der Waals surface area contributed by atoms with Gasteiger partial charge in [0, 0.05) is 17.5 Å². The number of hydrogen-bond donors (Lipinski definition) is 1. The molecule has 0 saturated heterocycles. The molecule has 1 N–H and O–H groups in total. The van der Waals surface area contributed by atoms with E-state index in [-0.39, 0.29) is 17.9 Å². The van der Waals surface area contributed by atoms with Gasteiger partial charge < -0.3 is 5.32 Å². The molecule has 2 aromatic rings. The third-order valence-electron chi connectivity index (χ3n) is 2.93. The molecule has 0 aliphatic carbocycles. The first-order valence-corrected chi connectivity index (χ1v) is 6.88. The van der Waals surface area contributed by atoms with Gasteiger partial charge in [0.2, 0.25) is 0 Å². The van der Waals surface area contributed by atoms with Crippen LogP contribution in [0.2, 0.25) is 0 Å². The minimum absolute atomic E-state index is 0.0951. The van der Waals surface area contributed by atoms with Crippen LogP contribution in [0.3, 0.4) is 0 Å². The maximum absolute atomic E-state index is 13.2. The van der Waals surface area contributed by atoms with Gasteiger partial charge in [-0.1, -0.05) is 12.1 Å². The van der Waals surface area contributed by atoms with Gasteiger partial charge in [0.05, 0.1) is 10.7 Å². The van der Waals surface area contributed by atoms with Crippen LogP contribution in [0.25, 0.3) is 0 Å². The van der Waals surface area contributed by atoms with Crippen LogP contribution in [-0.2, 0) is 0 Å². The smallest absolute Gasteiger partial charge is 0.123 e. The van der Waals surface area contributed by atoms with Crippen LogP contribution in [0.4, 0.5) is 4.39 Å². The summed E-state index contributed by atoms with van der Waals surface area (Å²) in [7, 11) is 0. The molecule has 4 heteroatoms. The van der Waals surface area contributed by atoms with Crippen molar-refractivity contribution in [2.24, 2.45) is 0 Å². The zero-order valence-electron chi connectivity index (χ0n) is 10.8. The SMILES string of the molecule is Cc1nc(C(C)NC(C)c2cccc(F)c2)cs1. The highest BCUT2D eigenvalue weighted by Crippen LogP contribution is 2.21. The first-order valence-electron chi connectivity index (χ1n) is 6.00. The molecule has 0 bridgehead atoms. The first-order chi connectivity index (χ1) is 8.56. The van der Waals surface area contributed by atoms with Gasteiger partial charge in [-0.05, 0) is 38.5 Å². The van der Waals surface area contributed by atoms with Gasteiger partial charge in [0.25, 0.3) is 0 Å². The van der Waals surface area contributed by atoms with Crippen LogP contribution in [0, 0.1) is 12.7 Å². The van der Waals surface area contributed by atoms with Crippen LogP contribution >= 0.6 is 11.3 Å². The summed E-state index contributed by atoms with van der Waals surface area (Å²) in [5, 5.41) is 6.56. The van der Waals surface area contributed by atoms with Crippen molar-refractivity contribution < 1.29 is 4.39 Å². The van der Waals surface area contributed by atoms with E-state index in [1.54, 1.807) is 23.5 Å². The zero-order chi connectivity index (χ0) is 13.1. The molecular weight excluding hydrogens is 247 g/mol. The topological polar surface area (TPSA) is 24.9 Å². The number of halogens is 1. The highest BCUT2D eigenvalue weighted by Gasteiger charge is 2.13. The molecule has 2 nitrogen and oxygen atoms in total. The average molecular weight is 264 g/mol. The second-order valence-corrected chi connectivity index (χ2v) is 5.52. The Hall–Kier alpha value is -1.26. The van der Waals surface area contributed by atoms with E-state index in [9.17, 15) is 4.39 Å². The number of aryl methyl sites for hydroxylation is 1. The third-order valence-corrected chi connectivity index (χ3v) is 3.72. The summed E-state index contributed by atoms with van der Waals surface area (Å²) in [5.41, 5.74) is 1.99. The molecule has 1 heterocycles. The number of rotatable bonds is 4. The lowest BCUT2D eigenvalue weighted by molar-refractivity contribution is 0.485. The van der Waals surface area contributed by atoms with E-state index in [4.69, 9.17) is 0 Å². The number of hydrogen-bond acceptors (Lipinski definition) is 3. The van der Waals surface area contributed by atoms with E-state index in [1.807, 2.05) is 19.9 Å². The lowest BCUT2D eigenvalue weighted by Gasteiger charge is -2.19. The van der Waals surface area contributed by atoms with Gasteiger partial charge >= 0.3 is 0 Å². The Balaban J connectivity index is 2.05. The fourth-order valence-electron chi connectivity index (χ4n) is 1.91. The zero-order valence-corrected chi connectivity index (χ0v) is 11.6. The Bertz CT molecular complexity index is 524. The maximum atomic E-state index is 13.2. The largest absolute Gasteiger partial charge is 0.302 e. The van der Waals surface area contributed by atoms with E-state index in [0.717, 1.165) is 16.3 Å². The van der Waals surface area contributed by atoms with Crippen LogP contribution < -0.4 is 5.32 Å². The van der Waals surface area contributed by atoms with Crippen molar-refractivity contribution in [3.05, 3.63) is 51.7 Å². The molecule has 2 rings (SSSR count). The van der Waals surface area contributed by atoms with Crippen molar-refractivity contribution in [3.8, 4) is 0 Å². The maximum Gasteiger partial charge on any atom is 0.123 e. The normalized spacial score (nSPS) is 14.4. The molecule has 0 fully saturated rings. The Morgan fingerprint density at radius 2 is 2.06 bits per heavy atom. The Labute approximate surface area is 111 Å². The summed E-state index contributed by atoms with van der Waals surface area (Å²) in [5.74, 6) is -0.196. The van der Waals surface area contributed by atoms with Crippen LogP contribution in [-0.4, -0.2) is 4.98 Å². The van der Waals surface area contributed by atoms with Crippen molar-refractivity contribution in [2.75, 3.05) is 0 Å². The number of aromatic nitrogens is 1. The number of nitrogens with one attached hydrogen (secondary N) is 1. The molecule has 0 radical (unpaired) electrons. The summed E-state index contributed by atoms with van der Waals surface area (Å²) in [4.78, 5) is 4.46. The molecule has 1 aromatic heterocycles. The van der Waals surface area contributed by atoms with E-state index >= 15 is 0 Å². The molecule has 1 aromatic carbocycles. The second kappa shape index (κ2) is 5.59. The predicted molar refractivity (Wildman–Crippen MR) is 73.2 cm³/mol. The average Bonchev–Trinajstić information content (AvgIpc) is 2.76. The number of thiazole rings is 1. The van der Waals surface area contributed by atoms with Crippen molar-refractivity contribution in [1.29, 1.82) is 0 Å². The standard InChI is InChI=1S/C14H17FN2S/c1-9(12-5-4-6-13(15)7-12)16-10(2)14-8-18-11(3)17-14/h4-10,16H,1-3H3. The molecule has 96 valence electrons. The van der Waals surface area contributed by atoms with Crippen molar-refractivity contribution in [1.82, 2.24) is 10.3 Å². The van der Waals surface area contributed by atoms with Gasteiger partial charge in [-0.3, -0.25) is 0 Å². The van der Waals surface area contributed by atoms with Gasteiger partial charge in [0.15, 0.2) is 0 Å². The van der Waals surface area contributed by atoms with Crippen molar-refractivity contribution in [3.63, 3.8) is 0 Å². The molecule has 0 spiro atoms. The van der Waals surface area contributed by atoms with Crippen molar-refractivity contribution >= 4 is 11.3 Å². The van der Waals surface area contributed by atoms with Gasteiger partial charge in [-0.15, -0.1) is 11.3 Å². The predicted octanol–water partition coefficient (Wildman–Crippen LogP) is 4.00. The molecule has 0 amide bonds. The second-order valence-electron chi connectivity index (χ2n) is 4.46. The molecule has 2 unspecified atom stereocenters. The minimum Gasteiger partial charge on any atom is -0.302 e. The molecule has 0 saturated carbocycles. The Kier molecular flexibility index (Phi) is 4.09. The molecule has 2 atom stereocenters. The van der Waals surface area contributed by atoms with Gasteiger partial charge in [-0.25, -0.2) is 9.37 Å². The lowest BCUT2D eigenvalue weighted by Crippen LogP contribution is -2.22. The van der Waals surface area contributed by atoms with Crippen molar-refractivity contribution in [2.45, 2.75) is 32.9 Å². The summed E-state index contributed by atoms with van der Waals surface area (Å²) in [6.07, 6.45) is 0. The summed E-state index contributed by atoms with van der Waals surface area (Å²) in [6.45, 7) is 6.10. The van der Waals surface area contributed by atoms with Crippen LogP contribution in [0.1, 0.15) is 42.2 Å². The van der Waals surface area contributed by atoms with Crippen LogP contribution in [0.5, 0.6) is 0 Å². The van der Waals surface area contributed by atoms with Crippen LogP contribution in [0.15, 0.2) is 29.6 Å². The molecule has 0 aliphatic heterocycles. The number of nitrogens with zero attached hydrogens (tertiary/aromatic N) is 1.